The highest BCUT2D eigenvalue weighted by Crippen LogP contribution is 2.28. The Hall–Kier alpha value is -0.800. The predicted octanol–water partition coefficient (Wildman–Crippen LogP) is 2.19. The SMILES string of the molecule is COc1cc(N)ccc1N(C)C.Cl.Cl. The maximum absolute atomic E-state index is 5.60. The van der Waals surface area contributed by atoms with Crippen LogP contribution < -0.4 is 15.4 Å². The fourth-order valence-corrected chi connectivity index (χ4v) is 1.06. The first kappa shape index (κ1) is 15.7. The van der Waals surface area contributed by atoms with E-state index >= 15 is 0 Å². The number of benzene rings is 1. The lowest BCUT2D eigenvalue weighted by Crippen LogP contribution is -2.10. The number of anilines is 2. The van der Waals surface area contributed by atoms with Gasteiger partial charge >= 0.3 is 0 Å². The van der Waals surface area contributed by atoms with Crippen LogP contribution in [0.25, 0.3) is 0 Å². The summed E-state index contributed by atoms with van der Waals surface area (Å²) in [7, 11) is 5.57. The monoisotopic (exact) mass is 238 g/mol. The van der Waals surface area contributed by atoms with Gasteiger partial charge in [0.05, 0.1) is 12.8 Å². The van der Waals surface area contributed by atoms with Crippen LogP contribution in [0.15, 0.2) is 18.2 Å². The fourth-order valence-electron chi connectivity index (χ4n) is 1.06. The first-order chi connectivity index (χ1) is 5.65. The van der Waals surface area contributed by atoms with Crippen molar-refractivity contribution in [1.29, 1.82) is 0 Å². The normalized spacial score (nSPS) is 8.21. The molecule has 2 N–H and O–H groups in total. The molecule has 0 bridgehead atoms. The number of nitrogen functional groups attached to an aromatic ring is 1. The van der Waals surface area contributed by atoms with Crippen molar-refractivity contribution in [2.24, 2.45) is 0 Å². The third-order valence-corrected chi connectivity index (χ3v) is 1.69. The Balaban J connectivity index is 0. The van der Waals surface area contributed by atoms with Crippen molar-refractivity contribution in [3.63, 3.8) is 0 Å². The van der Waals surface area contributed by atoms with Crippen LogP contribution >= 0.6 is 24.8 Å². The highest BCUT2D eigenvalue weighted by atomic mass is 35.5. The minimum absolute atomic E-state index is 0. The van der Waals surface area contributed by atoms with Crippen LogP contribution in [0.5, 0.6) is 5.75 Å². The van der Waals surface area contributed by atoms with E-state index in [-0.39, 0.29) is 24.8 Å². The summed E-state index contributed by atoms with van der Waals surface area (Å²) in [4.78, 5) is 1.98. The zero-order chi connectivity index (χ0) is 9.14. The Morgan fingerprint density at radius 1 is 1.21 bits per heavy atom. The first-order valence-electron chi connectivity index (χ1n) is 3.76. The molecule has 0 aliphatic carbocycles. The Morgan fingerprint density at radius 3 is 2.21 bits per heavy atom. The second-order valence-electron chi connectivity index (χ2n) is 2.83. The zero-order valence-corrected chi connectivity index (χ0v) is 10.1. The quantitative estimate of drug-likeness (QED) is 0.804. The summed E-state index contributed by atoms with van der Waals surface area (Å²) in [6.07, 6.45) is 0. The third-order valence-electron chi connectivity index (χ3n) is 1.69. The summed E-state index contributed by atoms with van der Waals surface area (Å²) in [5, 5.41) is 0. The van der Waals surface area contributed by atoms with E-state index in [1.165, 1.54) is 0 Å². The van der Waals surface area contributed by atoms with Gasteiger partial charge in [-0.1, -0.05) is 0 Å². The predicted molar refractivity (Wildman–Crippen MR) is 66.2 cm³/mol. The van der Waals surface area contributed by atoms with Crippen molar-refractivity contribution in [3.05, 3.63) is 18.2 Å². The molecular weight excluding hydrogens is 223 g/mol. The molecule has 0 fully saturated rings. The van der Waals surface area contributed by atoms with E-state index in [0.717, 1.165) is 17.1 Å². The van der Waals surface area contributed by atoms with Crippen LogP contribution in [0.2, 0.25) is 0 Å². The van der Waals surface area contributed by atoms with Gasteiger partial charge in [0.25, 0.3) is 0 Å². The van der Waals surface area contributed by atoms with Gasteiger partial charge in [0.2, 0.25) is 0 Å². The first-order valence-corrected chi connectivity index (χ1v) is 3.76. The number of nitrogens with zero attached hydrogens (tertiary/aromatic N) is 1. The zero-order valence-electron chi connectivity index (χ0n) is 8.48. The van der Waals surface area contributed by atoms with Gasteiger partial charge in [-0.05, 0) is 12.1 Å². The van der Waals surface area contributed by atoms with Crippen LogP contribution in [0.4, 0.5) is 11.4 Å². The van der Waals surface area contributed by atoms with Crippen LogP contribution in [0.1, 0.15) is 0 Å². The molecule has 0 spiro atoms. The van der Waals surface area contributed by atoms with E-state index in [4.69, 9.17) is 10.5 Å². The highest BCUT2D eigenvalue weighted by molar-refractivity contribution is 5.85. The standard InChI is InChI=1S/C9H14N2O.2ClH/c1-11(2)8-5-4-7(10)6-9(8)12-3;;/h4-6H,10H2,1-3H3;2*1H. The fraction of sp³-hybridized carbons (Fsp3) is 0.333. The van der Waals surface area contributed by atoms with Crippen LogP contribution in [-0.4, -0.2) is 21.2 Å². The van der Waals surface area contributed by atoms with Gasteiger partial charge in [0, 0.05) is 25.8 Å². The molecule has 0 saturated heterocycles. The molecule has 82 valence electrons. The molecule has 1 aromatic rings. The Bertz CT molecular complexity index is 280. The summed E-state index contributed by atoms with van der Waals surface area (Å²) in [5.74, 6) is 0.806. The van der Waals surface area contributed by atoms with Crippen molar-refractivity contribution in [3.8, 4) is 5.75 Å². The maximum Gasteiger partial charge on any atom is 0.144 e. The summed E-state index contributed by atoms with van der Waals surface area (Å²) in [6.45, 7) is 0. The van der Waals surface area contributed by atoms with E-state index < -0.39 is 0 Å². The second kappa shape index (κ2) is 6.62. The Morgan fingerprint density at radius 2 is 1.79 bits per heavy atom. The van der Waals surface area contributed by atoms with Crippen molar-refractivity contribution in [2.75, 3.05) is 31.8 Å². The van der Waals surface area contributed by atoms with Crippen molar-refractivity contribution in [1.82, 2.24) is 0 Å². The van der Waals surface area contributed by atoms with E-state index in [1.54, 1.807) is 7.11 Å². The van der Waals surface area contributed by atoms with Gasteiger partial charge < -0.3 is 15.4 Å². The lowest BCUT2D eigenvalue weighted by molar-refractivity contribution is 0.415. The highest BCUT2D eigenvalue weighted by Gasteiger charge is 2.03. The number of hydrogen-bond donors (Lipinski definition) is 1. The van der Waals surface area contributed by atoms with Crippen molar-refractivity contribution >= 4 is 36.2 Å². The van der Waals surface area contributed by atoms with Gasteiger partial charge in [-0.25, -0.2) is 0 Å². The second-order valence-corrected chi connectivity index (χ2v) is 2.83. The van der Waals surface area contributed by atoms with Gasteiger partial charge in [-0.3, -0.25) is 0 Å². The molecule has 0 atom stereocenters. The number of rotatable bonds is 2. The molecule has 0 heterocycles. The Kier molecular flexibility index (Phi) is 7.41. The van der Waals surface area contributed by atoms with Crippen LogP contribution in [0.3, 0.4) is 0 Å². The van der Waals surface area contributed by atoms with E-state index in [0.29, 0.717) is 0 Å². The van der Waals surface area contributed by atoms with E-state index in [1.807, 2.05) is 37.2 Å². The third kappa shape index (κ3) is 3.52. The molecule has 1 rings (SSSR count). The molecular formula is C9H16Cl2N2O. The molecule has 0 amide bonds. The van der Waals surface area contributed by atoms with Crippen LogP contribution in [-0.2, 0) is 0 Å². The largest absolute Gasteiger partial charge is 0.495 e. The van der Waals surface area contributed by atoms with Crippen LogP contribution in [0, 0.1) is 0 Å². The average molecular weight is 239 g/mol. The summed E-state index contributed by atoms with van der Waals surface area (Å²) in [5.41, 5.74) is 7.36. The molecule has 0 aliphatic heterocycles. The Labute approximate surface area is 97.0 Å². The maximum atomic E-state index is 5.60. The number of hydrogen-bond acceptors (Lipinski definition) is 3. The topological polar surface area (TPSA) is 38.5 Å². The minimum Gasteiger partial charge on any atom is -0.495 e. The van der Waals surface area contributed by atoms with Gasteiger partial charge in [-0.15, -0.1) is 24.8 Å². The minimum atomic E-state index is 0. The lowest BCUT2D eigenvalue weighted by Gasteiger charge is -2.16. The van der Waals surface area contributed by atoms with E-state index in [9.17, 15) is 0 Å². The molecule has 0 aliphatic rings. The van der Waals surface area contributed by atoms with Gasteiger partial charge in [0.1, 0.15) is 5.75 Å². The number of ether oxygens (including phenoxy) is 1. The molecule has 3 nitrogen and oxygen atoms in total. The summed E-state index contributed by atoms with van der Waals surface area (Å²) in [6, 6.07) is 5.61. The van der Waals surface area contributed by atoms with Gasteiger partial charge in [0.15, 0.2) is 0 Å². The lowest BCUT2D eigenvalue weighted by atomic mass is 10.2. The molecule has 0 aromatic heterocycles. The summed E-state index contributed by atoms with van der Waals surface area (Å²) >= 11 is 0. The van der Waals surface area contributed by atoms with Crippen molar-refractivity contribution in [2.45, 2.75) is 0 Å². The molecule has 0 unspecified atom stereocenters. The van der Waals surface area contributed by atoms with Gasteiger partial charge in [-0.2, -0.15) is 0 Å². The molecule has 0 saturated carbocycles. The molecule has 14 heavy (non-hydrogen) atoms. The smallest absolute Gasteiger partial charge is 0.144 e. The number of halogens is 2. The molecule has 5 heteroatoms. The molecule has 1 aromatic carbocycles. The average Bonchev–Trinajstić information content (AvgIpc) is 2.03. The van der Waals surface area contributed by atoms with Crippen molar-refractivity contribution < 1.29 is 4.74 Å². The number of nitrogens with two attached hydrogens (primary N) is 1. The number of methoxy groups -OCH3 is 1. The van der Waals surface area contributed by atoms with E-state index in [2.05, 4.69) is 0 Å². The molecule has 0 radical (unpaired) electrons. The summed E-state index contributed by atoms with van der Waals surface area (Å²) < 4.78 is 5.17.